The van der Waals surface area contributed by atoms with Gasteiger partial charge in [-0.05, 0) is 30.5 Å². The van der Waals surface area contributed by atoms with Crippen LogP contribution in [0.2, 0.25) is 0 Å². The predicted octanol–water partition coefficient (Wildman–Crippen LogP) is 2.53. The van der Waals surface area contributed by atoms with Gasteiger partial charge in [-0.2, -0.15) is 0 Å². The lowest BCUT2D eigenvalue weighted by Crippen LogP contribution is -2.28. The number of nitrogens with zero attached hydrogens (tertiary/aromatic N) is 1. The number of carbonyl (C=O) groups is 1. The summed E-state index contributed by atoms with van der Waals surface area (Å²) in [5.41, 5.74) is 0.644. The molecule has 2 rings (SSSR count). The maximum Gasteiger partial charge on any atom is 0.253 e. The summed E-state index contributed by atoms with van der Waals surface area (Å²) in [6.45, 7) is 5.30. The highest BCUT2D eigenvalue weighted by atomic mass is 16.7. The molecule has 0 N–H and O–H groups in total. The quantitative estimate of drug-likeness (QED) is 0.823. The van der Waals surface area contributed by atoms with Gasteiger partial charge in [0.1, 0.15) is 0 Å². The van der Waals surface area contributed by atoms with E-state index < -0.39 is 0 Å². The van der Waals surface area contributed by atoms with Crippen molar-refractivity contribution in [1.29, 1.82) is 0 Å². The average molecular weight is 249 g/mol. The van der Waals surface area contributed by atoms with E-state index in [1.807, 2.05) is 7.05 Å². The normalized spacial score (nSPS) is 12.9. The van der Waals surface area contributed by atoms with Crippen molar-refractivity contribution in [3.05, 3.63) is 23.8 Å². The Kier molecular flexibility index (Phi) is 3.75. The molecule has 1 aromatic carbocycles. The Morgan fingerprint density at radius 3 is 2.78 bits per heavy atom. The molecule has 0 aromatic heterocycles. The van der Waals surface area contributed by atoms with Gasteiger partial charge in [0, 0.05) is 19.2 Å². The lowest BCUT2D eigenvalue weighted by atomic mass is 10.1. The number of fused-ring (bicyclic) bond motifs is 1. The Morgan fingerprint density at radius 2 is 2.06 bits per heavy atom. The second-order valence-corrected chi connectivity index (χ2v) is 4.98. The van der Waals surface area contributed by atoms with Crippen molar-refractivity contribution in [2.45, 2.75) is 20.3 Å². The first-order valence-corrected chi connectivity index (χ1v) is 6.23. The minimum Gasteiger partial charge on any atom is -0.454 e. The highest BCUT2D eigenvalue weighted by Crippen LogP contribution is 2.32. The maximum absolute atomic E-state index is 12.2. The van der Waals surface area contributed by atoms with Crippen molar-refractivity contribution in [3.8, 4) is 11.5 Å². The third-order valence-electron chi connectivity index (χ3n) is 3.01. The summed E-state index contributed by atoms with van der Waals surface area (Å²) in [7, 11) is 1.83. The zero-order valence-electron chi connectivity index (χ0n) is 11.1. The Bertz CT molecular complexity index is 443. The van der Waals surface area contributed by atoms with Crippen LogP contribution in [0, 0.1) is 5.92 Å². The van der Waals surface area contributed by atoms with Gasteiger partial charge in [0.2, 0.25) is 6.79 Å². The van der Waals surface area contributed by atoms with Gasteiger partial charge in [0.05, 0.1) is 0 Å². The number of rotatable bonds is 4. The first-order chi connectivity index (χ1) is 8.58. The van der Waals surface area contributed by atoms with Crippen LogP contribution in [0.3, 0.4) is 0 Å². The number of benzene rings is 1. The molecule has 1 aliphatic rings. The molecule has 1 aliphatic heterocycles. The monoisotopic (exact) mass is 249 g/mol. The summed E-state index contributed by atoms with van der Waals surface area (Å²) >= 11 is 0. The Balaban J connectivity index is 2.04. The molecule has 4 heteroatoms. The maximum atomic E-state index is 12.2. The van der Waals surface area contributed by atoms with Crippen LogP contribution in [0.5, 0.6) is 11.5 Å². The lowest BCUT2D eigenvalue weighted by molar-refractivity contribution is 0.0788. The van der Waals surface area contributed by atoms with Crippen LogP contribution in [0.25, 0.3) is 0 Å². The standard InChI is InChI=1S/C14H19NO3/c1-10(2)6-7-15(3)14(16)11-4-5-12-13(8-11)18-9-17-12/h4-5,8,10H,6-7,9H2,1-3H3. The molecule has 1 heterocycles. The SMILES string of the molecule is CC(C)CCN(C)C(=O)c1ccc2c(c1)OCO2. The molecule has 1 amide bonds. The minimum atomic E-state index is 0.0222. The molecule has 1 aromatic rings. The van der Waals surface area contributed by atoms with E-state index in [0.29, 0.717) is 23.0 Å². The Hall–Kier alpha value is -1.71. The molecule has 98 valence electrons. The number of carbonyl (C=O) groups excluding carboxylic acids is 1. The smallest absolute Gasteiger partial charge is 0.253 e. The summed E-state index contributed by atoms with van der Waals surface area (Å²) in [5, 5.41) is 0. The van der Waals surface area contributed by atoms with Crippen LogP contribution < -0.4 is 9.47 Å². The molecule has 0 unspecified atom stereocenters. The number of hydrogen-bond acceptors (Lipinski definition) is 3. The van der Waals surface area contributed by atoms with Gasteiger partial charge in [0.15, 0.2) is 11.5 Å². The van der Waals surface area contributed by atoms with E-state index >= 15 is 0 Å². The fraction of sp³-hybridized carbons (Fsp3) is 0.500. The van der Waals surface area contributed by atoms with E-state index in [1.54, 1.807) is 23.1 Å². The fourth-order valence-electron chi connectivity index (χ4n) is 1.80. The molecule has 4 nitrogen and oxygen atoms in total. The van der Waals surface area contributed by atoms with Crippen LogP contribution in [0.4, 0.5) is 0 Å². The van der Waals surface area contributed by atoms with Crippen LogP contribution >= 0.6 is 0 Å². The second-order valence-electron chi connectivity index (χ2n) is 4.98. The van der Waals surface area contributed by atoms with E-state index in [1.165, 1.54) is 0 Å². The molecular formula is C14H19NO3. The van der Waals surface area contributed by atoms with Gasteiger partial charge in [-0.25, -0.2) is 0 Å². The number of amides is 1. The van der Waals surface area contributed by atoms with Crippen molar-refractivity contribution in [2.75, 3.05) is 20.4 Å². The van der Waals surface area contributed by atoms with E-state index in [0.717, 1.165) is 13.0 Å². The third kappa shape index (κ3) is 2.75. The summed E-state index contributed by atoms with van der Waals surface area (Å²) in [5.74, 6) is 1.97. The molecule has 0 radical (unpaired) electrons. The number of ether oxygens (including phenoxy) is 2. The van der Waals surface area contributed by atoms with Gasteiger partial charge in [-0.15, -0.1) is 0 Å². The summed E-state index contributed by atoms with van der Waals surface area (Å²) in [4.78, 5) is 13.9. The van der Waals surface area contributed by atoms with Gasteiger partial charge >= 0.3 is 0 Å². The molecule has 0 saturated heterocycles. The van der Waals surface area contributed by atoms with Crippen LogP contribution in [-0.2, 0) is 0 Å². The first kappa shape index (κ1) is 12.7. The number of hydrogen-bond donors (Lipinski definition) is 0. The fourth-order valence-corrected chi connectivity index (χ4v) is 1.80. The second kappa shape index (κ2) is 5.29. The van der Waals surface area contributed by atoms with Crippen molar-refractivity contribution in [3.63, 3.8) is 0 Å². The highest BCUT2D eigenvalue weighted by molar-refractivity contribution is 5.94. The van der Waals surface area contributed by atoms with E-state index in [4.69, 9.17) is 9.47 Å². The summed E-state index contributed by atoms with van der Waals surface area (Å²) in [6.07, 6.45) is 1.01. The molecule has 18 heavy (non-hydrogen) atoms. The lowest BCUT2D eigenvalue weighted by Gasteiger charge is -2.18. The summed E-state index contributed by atoms with van der Waals surface area (Å²) in [6, 6.07) is 5.31. The van der Waals surface area contributed by atoms with Crippen LogP contribution in [0.15, 0.2) is 18.2 Å². The topological polar surface area (TPSA) is 38.8 Å². The third-order valence-corrected chi connectivity index (χ3v) is 3.01. The van der Waals surface area contributed by atoms with Gasteiger partial charge < -0.3 is 14.4 Å². The average Bonchev–Trinajstić information content (AvgIpc) is 2.81. The van der Waals surface area contributed by atoms with Crippen molar-refractivity contribution in [1.82, 2.24) is 4.90 Å². The van der Waals surface area contributed by atoms with Gasteiger partial charge in [0.25, 0.3) is 5.91 Å². The molecule has 0 atom stereocenters. The van der Waals surface area contributed by atoms with Crippen molar-refractivity contribution in [2.24, 2.45) is 5.92 Å². The molecule has 0 aliphatic carbocycles. The van der Waals surface area contributed by atoms with Gasteiger partial charge in [-0.1, -0.05) is 13.8 Å². The Morgan fingerprint density at radius 1 is 1.33 bits per heavy atom. The molecule has 0 spiro atoms. The highest BCUT2D eigenvalue weighted by Gasteiger charge is 2.18. The first-order valence-electron chi connectivity index (χ1n) is 6.23. The molecule has 0 saturated carbocycles. The molecule has 0 fully saturated rings. The largest absolute Gasteiger partial charge is 0.454 e. The molecular weight excluding hydrogens is 230 g/mol. The van der Waals surface area contributed by atoms with Crippen LogP contribution in [0.1, 0.15) is 30.6 Å². The van der Waals surface area contributed by atoms with Crippen molar-refractivity contribution < 1.29 is 14.3 Å². The Labute approximate surface area is 107 Å². The van der Waals surface area contributed by atoms with Gasteiger partial charge in [-0.3, -0.25) is 4.79 Å². The van der Waals surface area contributed by atoms with Crippen molar-refractivity contribution >= 4 is 5.91 Å². The zero-order chi connectivity index (χ0) is 13.1. The van der Waals surface area contributed by atoms with Crippen LogP contribution in [-0.4, -0.2) is 31.2 Å². The zero-order valence-corrected chi connectivity index (χ0v) is 11.1. The van der Waals surface area contributed by atoms with E-state index in [9.17, 15) is 4.79 Å². The summed E-state index contributed by atoms with van der Waals surface area (Å²) < 4.78 is 10.5. The van der Waals surface area contributed by atoms with E-state index in [-0.39, 0.29) is 12.7 Å². The molecule has 0 bridgehead atoms. The minimum absolute atomic E-state index is 0.0222. The predicted molar refractivity (Wildman–Crippen MR) is 69.0 cm³/mol. The van der Waals surface area contributed by atoms with E-state index in [2.05, 4.69) is 13.8 Å².